The first-order valence-electron chi connectivity index (χ1n) is 5.34. The Morgan fingerprint density at radius 3 is 2.32 bits per heavy atom. The van der Waals surface area contributed by atoms with Crippen LogP contribution in [0.1, 0.15) is 6.42 Å². The molecule has 104 valence electrons. The zero-order valence-electron chi connectivity index (χ0n) is 10.4. The lowest BCUT2D eigenvalue weighted by atomic mass is 10.2. The van der Waals surface area contributed by atoms with Crippen molar-refractivity contribution in [3.8, 4) is 0 Å². The van der Waals surface area contributed by atoms with Gasteiger partial charge in [0.1, 0.15) is 6.10 Å². The summed E-state index contributed by atoms with van der Waals surface area (Å²) in [6, 6.07) is 4.83. The molecule has 0 saturated carbocycles. The number of benzene rings is 1. The highest BCUT2D eigenvalue weighted by Gasteiger charge is 2.23. The van der Waals surface area contributed by atoms with Crippen molar-refractivity contribution in [3.63, 3.8) is 0 Å². The maximum absolute atomic E-state index is 11.9. The molecule has 1 rings (SSSR count). The summed E-state index contributed by atoms with van der Waals surface area (Å²) in [4.78, 5) is 23.1. The van der Waals surface area contributed by atoms with E-state index in [4.69, 9.17) is 27.9 Å². The number of para-hydroxylation sites is 1. The number of hydrogen-bond donors (Lipinski definition) is 1. The van der Waals surface area contributed by atoms with Crippen LogP contribution in [0.5, 0.6) is 0 Å². The third-order valence-corrected chi connectivity index (χ3v) is 3.00. The fourth-order valence-corrected chi connectivity index (χ4v) is 1.83. The molecule has 1 N–H and O–H groups in total. The average Bonchev–Trinajstić information content (AvgIpc) is 2.39. The molecule has 1 unspecified atom stereocenters. The molecule has 0 saturated heterocycles. The quantitative estimate of drug-likeness (QED) is 0.849. The van der Waals surface area contributed by atoms with E-state index in [-0.39, 0.29) is 12.1 Å². The van der Waals surface area contributed by atoms with E-state index < -0.39 is 18.0 Å². The molecule has 0 aromatic heterocycles. The summed E-state index contributed by atoms with van der Waals surface area (Å²) in [6.07, 6.45) is -1.17. The molecule has 7 heteroatoms. The van der Waals surface area contributed by atoms with Gasteiger partial charge in [-0.3, -0.25) is 9.59 Å². The van der Waals surface area contributed by atoms with Crippen LogP contribution in [0, 0.1) is 0 Å². The summed E-state index contributed by atoms with van der Waals surface area (Å²) >= 11 is 11.8. The van der Waals surface area contributed by atoms with Crippen LogP contribution in [0.25, 0.3) is 0 Å². The van der Waals surface area contributed by atoms with Gasteiger partial charge in [0.05, 0.1) is 29.3 Å². The highest BCUT2D eigenvalue weighted by atomic mass is 35.5. The number of amides is 1. The Balaban J connectivity index is 2.80. The van der Waals surface area contributed by atoms with Crippen LogP contribution in [-0.4, -0.2) is 32.2 Å². The summed E-state index contributed by atoms with van der Waals surface area (Å²) in [7, 11) is 2.55. The van der Waals surface area contributed by atoms with Gasteiger partial charge in [-0.25, -0.2) is 0 Å². The topological polar surface area (TPSA) is 64.6 Å². The van der Waals surface area contributed by atoms with Crippen molar-refractivity contribution < 1.29 is 19.1 Å². The third-order valence-electron chi connectivity index (χ3n) is 2.37. The summed E-state index contributed by atoms with van der Waals surface area (Å²) in [5.41, 5.74) is 0.280. The van der Waals surface area contributed by atoms with Crippen molar-refractivity contribution in [2.75, 3.05) is 19.5 Å². The van der Waals surface area contributed by atoms with Crippen molar-refractivity contribution in [1.29, 1.82) is 0 Å². The van der Waals surface area contributed by atoms with E-state index in [9.17, 15) is 9.59 Å². The van der Waals surface area contributed by atoms with Crippen molar-refractivity contribution in [2.45, 2.75) is 12.5 Å². The molecule has 0 spiro atoms. The van der Waals surface area contributed by atoms with Crippen LogP contribution < -0.4 is 5.32 Å². The highest BCUT2D eigenvalue weighted by molar-refractivity contribution is 6.39. The van der Waals surface area contributed by atoms with Crippen LogP contribution >= 0.6 is 23.2 Å². The first kappa shape index (κ1) is 15.8. The number of ether oxygens (including phenoxy) is 2. The lowest BCUT2D eigenvalue weighted by molar-refractivity contribution is -0.146. The minimum absolute atomic E-state index is 0.194. The van der Waals surface area contributed by atoms with Crippen LogP contribution in [0.2, 0.25) is 10.0 Å². The fourth-order valence-electron chi connectivity index (χ4n) is 1.34. The Morgan fingerprint density at radius 2 is 1.84 bits per heavy atom. The molecule has 0 heterocycles. The number of nitrogens with one attached hydrogen (secondary N) is 1. The SMILES string of the molecule is COC(=O)CC(OC)C(=O)Nc1c(Cl)cccc1Cl. The maximum atomic E-state index is 11.9. The Morgan fingerprint density at radius 1 is 1.26 bits per heavy atom. The molecule has 0 fully saturated rings. The average molecular weight is 306 g/mol. The summed E-state index contributed by atoms with van der Waals surface area (Å²) in [6.45, 7) is 0. The van der Waals surface area contributed by atoms with Gasteiger partial charge in [-0.1, -0.05) is 29.3 Å². The lowest BCUT2D eigenvalue weighted by Gasteiger charge is -2.15. The summed E-state index contributed by atoms with van der Waals surface area (Å²) < 4.78 is 9.42. The summed E-state index contributed by atoms with van der Waals surface area (Å²) in [5, 5.41) is 3.12. The molecule has 19 heavy (non-hydrogen) atoms. The van der Waals surface area contributed by atoms with Crippen LogP contribution in [0.4, 0.5) is 5.69 Å². The van der Waals surface area contributed by atoms with Crippen molar-refractivity contribution in [1.82, 2.24) is 0 Å². The number of hydrogen-bond acceptors (Lipinski definition) is 4. The van der Waals surface area contributed by atoms with Gasteiger partial charge in [-0.15, -0.1) is 0 Å². The Labute approximate surface area is 120 Å². The predicted molar refractivity (Wildman–Crippen MR) is 72.5 cm³/mol. The molecule has 1 aromatic rings. The van der Waals surface area contributed by atoms with Gasteiger partial charge in [-0.05, 0) is 12.1 Å². The monoisotopic (exact) mass is 305 g/mol. The predicted octanol–water partition coefficient (Wildman–Crippen LogP) is 2.51. The Bertz CT molecular complexity index is 459. The third kappa shape index (κ3) is 4.38. The number of carbonyl (C=O) groups is 2. The van der Waals surface area contributed by atoms with Gasteiger partial charge in [-0.2, -0.15) is 0 Å². The van der Waals surface area contributed by atoms with Gasteiger partial charge in [0.2, 0.25) is 0 Å². The minimum atomic E-state index is -0.972. The number of halogens is 2. The molecule has 5 nitrogen and oxygen atoms in total. The van der Waals surface area contributed by atoms with Gasteiger partial charge >= 0.3 is 5.97 Å². The Hall–Kier alpha value is -1.30. The largest absolute Gasteiger partial charge is 0.469 e. The number of anilines is 1. The van der Waals surface area contributed by atoms with Crippen molar-refractivity contribution >= 4 is 40.8 Å². The first-order chi connectivity index (χ1) is 8.99. The molecule has 0 aliphatic carbocycles. The second kappa shape index (κ2) is 7.33. The van der Waals surface area contributed by atoms with E-state index in [1.807, 2.05) is 0 Å². The van der Waals surface area contributed by atoms with Crippen LogP contribution in [0.15, 0.2) is 18.2 Å². The van der Waals surface area contributed by atoms with Crippen molar-refractivity contribution in [2.24, 2.45) is 0 Å². The number of rotatable bonds is 5. The standard InChI is InChI=1S/C12H13Cl2NO4/c1-18-9(6-10(16)19-2)12(17)15-11-7(13)4-3-5-8(11)14/h3-5,9H,6H2,1-2H3,(H,15,17). The molecule has 0 aliphatic heterocycles. The maximum Gasteiger partial charge on any atom is 0.308 e. The van der Waals surface area contributed by atoms with E-state index in [1.165, 1.54) is 14.2 Å². The molecule has 1 atom stereocenters. The van der Waals surface area contributed by atoms with Crippen LogP contribution in [-0.2, 0) is 19.1 Å². The minimum Gasteiger partial charge on any atom is -0.469 e. The molecule has 0 radical (unpaired) electrons. The lowest BCUT2D eigenvalue weighted by Crippen LogP contribution is -2.32. The second-order valence-electron chi connectivity index (χ2n) is 3.59. The van der Waals surface area contributed by atoms with E-state index >= 15 is 0 Å². The molecular weight excluding hydrogens is 293 g/mol. The number of methoxy groups -OCH3 is 2. The van der Waals surface area contributed by atoms with E-state index in [2.05, 4.69) is 10.1 Å². The number of carbonyl (C=O) groups excluding carboxylic acids is 2. The molecule has 0 aliphatic rings. The number of esters is 1. The van der Waals surface area contributed by atoms with Crippen LogP contribution in [0.3, 0.4) is 0 Å². The van der Waals surface area contributed by atoms with Gasteiger partial charge in [0, 0.05) is 7.11 Å². The van der Waals surface area contributed by atoms with Gasteiger partial charge < -0.3 is 14.8 Å². The molecule has 0 bridgehead atoms. The summed E-state index contributed by atoms with van der Waals surface area (Å²) in [5.74, 6) is -1.07. The van der Waals surface area contributed by atoms with E-state index in [0.29, 0.717) is 10.0 Å². The van der Waals surface area contributed by atoms with Gasteiger partial charge in [0.25, 0.3) is 5.91 Å². The molecular formula is C12H13Cl2NO4. The highest BCUT2D eigenvalue weighted by Crippen LogP contribution is 2.30. The smallest absolute Gasteiger partial charge is 0.308 e. The van der Waals surface area contributed by atoms with Crippen molar-refractivity contribution in [3.05, 3.63) is 28.2 Å². The normalized spacial score (nSPS) is 11.8. The molecule has 1 amide bonds. The first-order valence-corrected chi connectivity index (χ1v) is 6.09. The fraction of sp³-hybridized carbons (Fsp3) is 0.333. The zero-order chi connectivity index (χ0) is 14.4. The Kier molecular flexibility index (Phi) is 6.08. The van der Waals surface area contributed by atoms with E-state index in [1.54, 1.807) is 18.2 Å². The van der Waals surface area contributed by atoms with Gasteiger partial charge in [0.15, 0.2) is 0 Å². The molecule has 1 aromatic carbocycles. The zero-order valence-corrected chi connectivity index (χ0v) is 11.9. The van der Waals surface area contributed by atoms with E-state index in [0.717, 1.165) is 0 Å². The second-order valence-corrected chi connectivity index (χ2v) is 4.40.